The minimum Gasteiger partial charge on any atom is -0.469 e. The van der Waals surface area contributed by atoms with E-state index < -0.39 is 0 Å². The highest BCUT2D eigenvalue weighted by molar-refractivity contribution is 9.10. The number of amides is 1. The van der Waals surface area contributed by atoms with Crippen molar-refractivity contribution in [1.29, 1.82) is 0 Å². The quantitative estimate of drug-likeness (QED) is 0.614. The van der Waals surface area contributed by atoms with Gasteiger partial charge < -0.3 is 14.5 Å². The molecule has 0 spiro atoms. The molecule has 0 heterocycles. The van der Waals surface area contributed by atoms with Crippen LogP contribution in [0, 0.1) is 0 Å². The summed E-state index contributed by atoms with van der Waals surface area (Å²) in [5, 5.41) is 0. The second-order valence-corrected chi connectivity index (χ2v) is 6.07. The van der Waals surface area contributed by atoms with Crippen LogP contribution in [0.25, 0.3) is 0 Å². The molecule has 0 bridgehead atoms. The zero-order chi connectivity index (χ0) is 17.2. The van der Waals surface area contributed by atoms with Crippen molar-refractivity contribution < 1.29 is 14.3 Å². The van der Waals surface area contributed by atoms with Crippen LogP contribution >= 0.6 is 15.9 Å². The summed E-state index contributed by atoms with van der Waals surface area (Å²) in [6, 6.07) is 7.30. The van der Waals surface area contributed by atoms with Gasteiger partial charge in [0.1, 0.15) is 0 Å². The van der Waals surface area contributed by atoms with Crippen molar-refractivity contribution in [2.75, 3.05) is 39.8 Å². The molecular formula is C17H25BrN2O3. The van der Waals surface area contributed by atoms with Gasteiger partial charge in [0.25, 0.3) is 5.91 Å². The second kappa shape index (κ2) is 10.4. The van der Waals surface area contributed by atoms with E-state index in [-0.39, 0.29) is 18.3 Å². The van der Waals surface area contributed by atoms with Crippen LogP contribution in [0.3, 0.4) is 0 Å². The Morgan fingerprint density at radius 1 is 1.13 bits per heavy atom. The minimum absolute atomic E-state index is 0.0673. The number of hydrogen-bond donors (Lipinski definition) is 0. The molecule has 0 atom stereocenters. The minimum atomic E-state index is -0.306. The van der Waals surface area contributed by atoms with Gasteiger partial charge in [-0.15, -0.1) is 0 Å². The lowest BCUT2D eigenvalue weighted by atomic mass is 10.2. The summed E-state index contributed by atoms with van der Waals surface area (Å²) in [5.74, 6) is -0.373. The second-order valence-electron chi connectivity index (χ2n) is 5.16. The van der Waals surface area contributed by atoms with Crippen LogP contribution in [0.4, 0.5) is 0 Å². The van der Waals surface area contributed by atoms with Crippen molar-refractivity contribution in [1.82, 2.24) is 9.80 Å². The number of carbonyl (C=O) groups is 2. The molecule has 0 aliphatic rings. The number of rotatable bonds is 9. The third-order valence-corrected chi connectivity index (χ3v) is 4.25. The molecule has 0 aliphatic carbocycles. The number of nitrogens with zero attached hydrogens (tertiary/aromatic N) is 2. The van der Waals surface area contributed by atoms with E-state index in [0.29, 0.717) is 18.7 Å². The Hall–Kier alpha value is -1.40. The van der Waals surface area contributed by atoms with Crippen molar-refractivity contribution in [2.45, 2.75) is 20.3 Å². The third-order valence-electron chi connectivity index (χ3n) is 3.75. The Kier molecular flexibility index (Phi) is 8.87. The predicted octanol–water partition coefficient (Wildman–Crippen LogP) is 2.80. The van der Waals surface area contributed by atoms with Crippen molar-refractivity contribution in [3.05, 3.63) is 34.3 Å². The smallest absolute Gasteiger partial charge is 0.307 e. The summed E-state index contributed by atoms with van der Waals surface area (Å²) in [4.78, 5) is 28.1. The molecule has 1 aromatic carbocycles. The zero-order valence-corrected chi connectivity index (χ0v) is 15.6. The molecular weight excluding hydrogens is 360 g/mol. The van der Waals surface area contributed by atoms with Gasteiger partial charge in [0, 0.05) is 29.7 Å². The van der Waals surface area contributed by atoms with Gasteiger partial charge >= 0.3 is 5.97 Å². The van der Waals surface area contributed by atoms with E-state index in [0.717, 1.165) is 24.1 Å². The SMILES string of the molecule is CCN(CC)CCN(CCC(=O)OC)C(=O)c1cccc(Br)c1. The summed E-state index contributed by atoms with van der Waals surface area (Å²) in [6.07, 6.45) is 0.203. The average molecular weight is 385 g/mol. The molecule has 0 radical (unpaired) electrons. The normalized spacial score (nSPS) is 10.7. The molecule has 1 aromatic rings. The Balaban J connectivity index is 2.80. The Morgan fingerprint density at radius 3 is 2.39 bits per heavy atom. The van der Waals surface area contributed by atoms with Crippen LogP contribution in [0.2, 0.25) is 0 Å². The van der Waals surface area contributed by atoms with Crippen LogP contribution < -0.4 is 0 Å². The highest BCUT2D eigenvalue weighted by Crippen LogP contribution is 2.14. The standard InChI is InChI=1S/C17H25BrN2O3/c1-4-19(5-2)11-12-20(10-9-16(21)23-3)17(22)14-7-6-8-15(18)13-14/h6-8,13H,4-5,9-12H2,1-3H3. The van der Waals surface area contributed by atoms with Gasteiger partial charge in [-0.05, 0) is 31.3 Å². The van der Waals surface area contributed by atoms with E-state index in [1.54, 1.807) is 17.0 Å². The maximum absolute atomic E-state index is 12.7. The Morgan fingerprint density at radius 2 is 1.83 bits per heavy atom. The fourth-order valence-electron chi connectivity index (χ4n) is 2.25. The maximum Gasteiger partial charge on any atom is 0.307 e. The van der Waals surface area contributed by atoms with E-state index in [1.807, 2.05) is 12.1 Å². The number of benzene rings is 1. The highest BCUT2D eigenvalue weighted by Gasteiger charge is 2.18. The largest absolute Gasteiger partial charge is 0.469 e. The van der Waals surface area contributed by atoms with Crippen molar-refractivity contribution in [3.63, 3.8) is 0 Å². The van der Waals surface area contributed by atoms with E-state index >= 15 is 0 Å². The molecule has 0 saturated carbocycles. The molecule has 23 heavy (non-hydrogen) atoms. The van der Waals surface area contributed by atoms with Crippen LogP contribution in [-0.2, 0) is 9.53 Å². The molecule has 1 rings (SSSR count). The van der Waals surface area contributed by atoms with Crippen molar-refractivity contribution >= 4 is 27.8 Å². The summed E-state index contributed by atoms with van der Waals surface area (Å²) >= 11 is 3.38. The molecule has 0 aromatic heterocycles. The van der Waals surface area contributed by atoms with Crippen LogP contribution in [0.15, 0.2) is 28.7 Å². The lowest BCUT2D eigenvalue weighted by Gasteiger charge is -2.26. The van der Waals surface area contributed by atoms with Gasteiger partial charge in [-0.2, -0.15) is 0 Å². The summed E-state index contributed by atoms with van der Waals surface area (Å²) in [6.45, 7) is 7.80. The van der Waals surface area contributed by atoms with Crippen molar-refractivity contribution in [2.24, 2.45) is 0 Å². The summed E-state index contributed by atoms with van der Waals surface area (Å²) in [5.41, 5.74) is 0.615. The predicted molar refractivity (Wildman–Crippen MR) is 94.5 cm³/mol. The maximum atomic E-state index is 12.7. The molecule has 0 saturated heterocycles. The lowest BCUT2D eigenvalue weighted by molar-refractivity contribution is -0.140. The fraction of sp³-hybridized carbons (Fsp3) is 0.529. The van der Waals surface area contributed by atoms with Gasteiger partial charge in [0.2, 0.25) is 0 Å². The Bertz CT molecular complexity index is 518. The van der Waals surface area contributed by atoms with Gasteiger partial charge in [0.15, 0.2) is 0 Å². The molecule has 128 valence electrons. The van der Waals surface area contributed by atoms with Crippen LogP contribution in [0.1, 0.15) is 30.6 Å². The molecule has 0 aliphatic heterocycles. The number of halogens is 1. The number of likely N-dealkylation sites (N-methyl/N-ethyl adjacent to an activating group) is 1. The van der Waals surface area contributed by atoms with E-state index in [2.05, 4.69) is 39.4 Å². The third kappa shape index (κ3) is 6.71. The first-order valence-electron chi connectivity index (χ1n) is 7.85. The van der Waals surface area contributed by atoms with E-state index in [9.17, 15) is 9.59 Å². The number of esters is 1. The molecule has 1 amide bonds. The molecule has 6 heteroatoms. The molecule has 5 nitrogen and oxygen atoms in total. The van der Waals surface area contributed by atoms with Crippen molar-refractivity contribution in [3.8, 4) is 0 Å². The van der Waals surface area contributed by atoms with Gasteiger partial charge in [-0.3, -0.25) is 9.59 Å². The molecule has 0 unspecified atom stereocenters. The van der Waals surface area contributed by atoms with Gasteiger partial charge in [-0.1, -0.05) is 35.8 Å². The van der Waals surface area contributed by atoms with Gasteiger partial charge in [0.05, 0.1) is 13.5 Å². The van der Waals surface area contributed by atoms with Gasteiger partial charge in [-0.25, -0.2) is 0 Å². The first-order chi connectivity index (χ1) is 11.0. The first kappa shape index (κ1) is 19.6. The first-order valence-corrected chi connectivity index (χ1v) is 8.65. The average Bonchev–Trinajstić information content (AvgIpc) is 2.57. The van der Waals surface area contributed by atoms with E-state index in [4.69, 9.17) is 0 Å². The number of methoxy groups -OCH3 is 1. The molecule has 0 N–H and O–H groups in total. The monoisotopic (exact) mass is 384 g/mol. The van der Waals surface area contributed by atoms with Crippen LogP contribution in [0.5, 0.6) is 0 Å². The molecule has 0 fully saturated rings. The number of carbonyl (C=O) groups excluding carboxylic acids is 2. The lowest BCUT2D eigenvalue weighted by Crippen LogP contribution is -2.39. The number of hydrogen-bond acceptors (Lipinski definition) is 4. The van der Waals surface area contributed by atoms with E-state index in [1.165, 1.54) is 7.11 Å². The summed E-state index contributed by atoms with van der Waals surface area (Å²) < 4.78 is 5.54. The zero-order valence-electron chi connectivity index (χ0n) is 14.0. The highest BCUT2D eigenvalue weighted by atomic mass is 79.9. The fourth-order valence-corrected chi connectivity index (χ4v) is 2.65. The number of ether oxygens (including phenoxy) is 1. The summed E-state index contributed by atoms with van der Waals surface area (Å²) in [7, 11) is 1.36. The topological polar surface area (TPSA) is 49.9 Å². The van der Waals surface area contributed by atoms with Crippen LogP contribution in [-0.4, -0.2) is 61.5 Å². The Labute approximate surface area is 146 Å².